The first-order valence-electron chi connectivity index (χ1n) is 8.39. The molecular weight excluding hydrogens is 288 g/mol. The summed E-state index contributed by atoms with van der Waals surface area (Å²) in [5.74, 6) is 0.592. The maximum atomic E-state index is 12.6. The maximum Gasteiger partial charge on any atom is 0.322 e. The summed E-state index contributed by atoms with van der Waals surface area (Å²) in [6.07, 6.45) is 4.61. The van der Waals surface area contributed by atoms with Gasteiger partial charge in [-0.05, 0) is 37.5 Å². The van der Waals surface area contributed by atoms with Crippen molar-refractivity contribution in [2.24, 2.45) is 0 Å². The number of H-pyrrole nitrogens is 1. The number of urea groups is 1. The third-order valence-corrected chi connectivity index (χ3v) is 5.01. The molecule has 2 heterocycles. The van der Waals surface area contributed by atoms with Crippen LogP contribution in [0.2, 0.25) is 0 Å². The van der Waals surface area contributed by atoms with E-state index in [0.29, 0.717) is 12.5 Å². The first-order chi connectivity index (χ1) is 11.2. The highest BCUT2D eigenvalue weighted by Crippen LogP contribution is 2.38. The Kier molecular flexibility index (Phi) is 3.56. The van der Waals surface area contributed by atoms with E-state index in [1.54, 1.807) is 0 Å². The molecular formula is C18H22N4O. The van der Waals surface area contributed by atoms with Crippen LogP contribution in [0.3, 0.4) is 0 Å². The van der Waals surface area contributed by atoms with Gasteiger partial charge in [-0.15, -0.1) is 0 Å². The zero-order chi connectivity index (χ0) is 15.8. The number of nitrogens with zero attached hydrogens (tertiary/aromatic N) is 2. The van der Waals surface area contributed by atoms with E-state index in [4.69, 9.17) is 0 Å². The van der Waals surface area contributed by atoms with Crippen LogP contribution in [0.4, 0.5) is 10.5 Å². The second kappa shape index (κ2) is 5.72. The van der Waals surface area contributed by atoms with E-state index in [-0.39, 0.29) is 6.03 Å². The molecule has 1 aromatic heterocycles. The third kappa shape index (κ3) is 2.71. The Morgan fingerprint density at radius 3 is 3.00 bits per heavy atom. The molecule has 120 valence electrons. The Balaban J connectivity index is 1.48. The second-order valence-corrected chi connectivity index (χ2v) is 6.66. The third-order valence-electron chi connectivity index (χ3n) is 5.01. The molecule has 1 fully saturated rings. The van der Waals surface area contributed by atoms with E-state index in [1.165, 1.54) is 36.2 Å². The Morgan fingerprint density at radius 2 is 2.26 bits per heavy atom. The number of amides is 2. The van der Waals surface area contributed by atoms with Crippen molar-refractivity contribution < 1.29 is 4.79 Å². The number of fused-ring (bicyclic) bond motifs is 1. The lowest BCUT2D eigenvalue weighted by atomic mass is 9.81. The van der Waals surface area contributed by atoms with Crippen LogP contribution in [-0.4, -0.2) is 27.7 Å². The van der Waals surface area contributed by atoms with Gasteiger partial charge in [0.1, 0.15) is 0 Å². The van der Waals surface area contributed by atoms with E-state index in [0.717, 1.165) is 24.2 Å². The van der Waals surface area contributed by atoms with Crippen molar-refractivity contribution in [3.8, 4) is 0 Å². The molecule has 0 saturated heterocycles. The molecule has 0 spiro atoms. The quantitative estimate of drug-likeness (QED) is 0.890. The minimum atomic E-state index is -0.0259. The van der Waals surface area contributed by atoms with Crippen LogP contribution in [0.5, 0.6) is 0 Å². The van der Waals surface area contributed by atoms with Gasteiger partial charge in [0, 0.05) is 35.8 Å². The maximum absolute atomic E-state index is 12.6. The second-order valence-electron chi connectivity index (χ2n) is 6.66. The van der Waals surface area contributed by atoms with Crippen molar-refractivity contribution in [3.05, 3.63) is 46.8 Å². The van der Waals surface area contributed by atoms with E-state index >= 15 is 0 Å². The molecule has 0 bridgehead atoms. The smallest absolute Gasteiger partial charge is 0.320 e. The number of aromatic nitrogens is 2. The van der Waals surface area contributed by atoms with Crippen LogP contribution in [0, 0.1) is 6.92 Å². The summed E-state index contributed by atoms with van der Waals surface area (Å²) in [6, 6.07) is 7.88. The van der Waals surface area contributed by atoms with Gasteiger partial charge in [0.15, 0.2) is 0 Å². The summed E-state index contributed by atoms with van der Waals surface area (Å²) in [5, 5.41) is 10.7. The molecule has 0 atom stereocenters. The van der Waals surface area contributed by atoms with E-state index in [2.05, 4.69) is 15.5 Å². The minimum absolute atomic E-state index is 0.0259. The number of nitrogens with one attached hydrogen (secondary N) is 2. The van der Waals surface area contributed by atoms with Gasteiger partial charge in [-0.1, -0.05) is 18.6 Å². The predicted molar refractivity (Wildman–Crippen MR) is 89.5 cm³/mol. The Bertz CT molecular complexity index is 732. The number of rotatable bonds is 2. The number of hydrogen-bond donors (Lipinski definition) is 2. The van der Waals surface area contributed by atoms with Crippen molar-refractivity contribution in [3.63, 3.8) is 0 Å². The van der Waals surface area contributed by atoms with Crippen LogP contribution in [0.25, 0.3) is 0 Å². The molecule has 1 saturated carbocycles. The fourth-order valence-corrected chi connectivity index (χ4v) is 3.44. The van der Waals surface area contributed by atoms with Crippen molar-refractivity contribution >= 4 is 11.7 Å². The van der Waals surface area contributed by atoms with Gasteiger partial charge in [-0.2, -0.15) is 5.10 Å². The summed E-state index contributed by atoms with van der Waals surface area (Å²) in [7, 11) is 0. The highest BCUT2D eigenvalue weighted by molar-refractivity contribution is 5.89. The van der Waals surface area contributed by atoms with Gasteiger partial charge < -0.3 is 10.2 Å². The lowest BCUT2D eigenvalue weighted by molar-refractivity contribution is 0.205. The Morgan fingerprint density at radius 1 is 1.39 bits per heavy atom. The molecule has 0 radical (unpaired) electrons. The summed E-state index contributed by atoms with van der Waals surface area (Å²) < 4.78 is 0. The molecule has 0 unspecified atom stereocenters. The predicted octanol–water partition coefficient (Wildman–Crippen LogP) is 3.58. The lowest BCUT2D eigenvalue weighted by Crippen LogP contribution is -2.39. The Labute approximate surface area is 136 Å². The molecule has 1 aliphatic carbocycles. The van der Waals surface area contributed by atoms with Gasteiger partial charge in [-0.3, -0.25) is 5.10 Å². The minimum Gasteiger partial charge on any atom is -0.320 e. The number of carbonyl (C=O) groups is 1. The highest BCUT2D eigenvalue weighted by atomic mass is 16.2. The topological polar surface area (TPSA) is 61.0 Å². The summed E-state index contributed by atoms with van der Waals surface area (Å²) in [4.78, 5) is 14.5. The van der Waals surface area contributed by atoms with Crippen LogP contribution in [-0.2, 0) is 13.0 Å². The van der Waals surface area contributed by atoms with E-state index in [1.807, 2.05) is 36.1 Å². The molecule has 2 aliphatic rings. The number of carbonyl (C=O) groups excluding carboxylic acids is 1. The first-order valence-corrected chi connectivity index (χ1v) is 8.39. The van der Waals surface area contributed by atoms with Crippen LogP contribution >= 0.6 is 0 Å². The number of hydrogen-bond acceptors (Lipinski definition) is 2. The Hall–Kier alpha value is -2.30. The van der Waals surface area contributed by atoms with Gasteiger partial charge in [-0.25, -0.2) is 4.79 Å². The molecule has 2 N–H and O–H groups in total. The van der Waals surface area contributed by atoms with Crippen molar-refractivity contribution in [2.75, 3.05) is 11.9 Å². The molecule has 23 heavy (non-hydrogen) atoms. The number of aromatic amines is 1. The molecule has 1 aliphatic heterocycles. The van der Waals surface area contributed by atoms with E-state index in [9.17, 15) is 4.79 Å². The van der Waals surface area contributed by atoms with Crippen LogP contribution in [0.1, 0.15) is 47.7 Å². The number of aryl methyl sites for hydroxylation is 1. The number of benzene rings is 1. The SMILES string of the molecule is Cc1cccc(NC(=O)N2CCc3[nH]nc(C4CCC4)c3C2)c1. The van der Waals surface area contributed by atoms with E-state index < -0.39 is 0 Å². The van der Waals surface area contributed by atoms with Crippen molar-refractivity contribution in [1.82, 2.24) is 15.1 Å². The normalized spacial score (nSPS) is 17.5. The van der Waals surface area contributed by atoms with Gasteiger partial charge >= 0.3 is 6.03 Å². The summed E-state index contributed by atoms with van der Waals surface area (Å²) in [6.45, 7) is 3.42. The molecule has 1 aromatic carbocycles. The highest BCUT2D eigenvalue weighted by Gasteiger charge is 2.30. The van der Waals surface area contributed by atoms with Crippen molar-refractivity contribution in [1.29, 1.82) is 0 Å². The lowest BCUT2D eigenvalue weighted by Gasteiger charge is -2.30. The first kappa shape index (κ1) is 14.3. The summed E-state index contributed by atoms with van der Waals surface area (Å²) in [5.41, 5.74) is 5.66. The average molecular weight is 310 g/mol. The summed E-state index contributed by atoms with van der Waals surface area (Å²) >= 11 is 0. The molecule has 5 heteroatoms. The monoisotopic (exact) mass is 310 g/mol. The van der Waals surface area contributed by atoms with Crippen LogP contribution < -0.4 is 5.32 Å². The fourth-order valence-electron chi connectivity index (χ4n) is 3.44. The zero-order valence-corrected chi connectivity index (χ0v) is 13.4. The van der Waals surface area contributed by atoms with Gasteiger partial charge in [0.25, 0.3) is 0 Å². The molecule has 5 nitrogen and oxygen atoms in total. The van der Waals surface area contributed by atoms with Gasteiger partial charge in [0.05, 0.1) is 12.2 Å². The average Bonchev–Trinajstić information content (AvgIpc) is 2.88. The zero-order valence-electron chi connectivity index (χ0n) is 13.4. The van der Waals surface area contributed by atoms with Crippen molar-refractivity contribution in [2.45, 2.75) is 45.1 Å². The van der Waals surface area contributed by atoms with Crippen LogP contribution in [0.15, 0.2) is 24.3 Å². The van der Waals surface area contributed by atoms with Gasteiger partial charge in [0.2, 0.25) is 0 Å². The largest absolute Gasteiger partial charge is 0.322 e. The number of anilines is 1. The molecule has 2 amide bonds. The fraction of sp³-hybridized carbons (Fsp3) is 0.444. The molecule has 2 aromatic rings. The molecule has 4 rings (SSSR count). The standard InChI is InChI=1S/C18H22N4O/c1-12-4-2-7-14(10-12)19-18(23)22-9-8-16-15(11-22)17(21-20-16)13-5-3-6-13/h2,4,7,10,13H,3,5-6,8-9,11H2,1H3,(H,19,23)(H,20,21).